The summed E-state index contributed by atoms with van der Waals surface area (Å²) in [6.07, 6.45) is 1.60. The number of nitrogens with zero attached hydrogens (tertiary/aromatic N) is 1. The highest BCUT2D eigenvalue weighted by atomic mass is 32.2. The lowest BCUT2D eigenvalue weighted by atomic mass is 10.2. The van der Waals surface area contributed by atoms with Crippen molar-refractivity contribution >= 4 is 26.8 Å². The van der Waals surface area contributed by atoms with Crippen LogP contribution in [-0.2, 0) is 10.2 Å². The van der Waals surface area contributed by atoms with E-state index in [0.717, 1.165) is 5.39 Å². The van der Waals surface area contributed by atoms with Crippen LogP contribution in [0.15, 0.2) is 24.4 Å². The van der Waals surface area contributed by atoms with Crippen LogP contribution >= 0.6 is 0 Å². The summed E-state index contributed by atoms with van der Waals surface area (Å²) in [6, 6.07) is 5.13. The predicted octanol–water partition coefficient (Wildman–Crippen LogP) is 0.178. The summed E-state index contributed by atoms with van der Waals surface area (Å²) in [4.78, 5) is 0. The maximum atomic E-state index is 10.8. The third-order valence-corrected chi connectivity index (χ3v) is 2.23. The average molecular weight is 212 g/mol. The minimum atomic E-state index is -3.74. The van der Waals surface area contributed by atoms with Crippen LogP contribution in [0.5, 0.6) is 0 Å². The lowest BCUT2D eigenvalue weighted by molar-refractivity contribution is 0.603. The van der Waals surface area contributed by atoms with E-state index in [1.807, 2.05) is 6.07 Å². The van der Waals surface area contributed by atoms with Gasteiger partial charge in [-0.05, 0) is 6.07 Å². The van der Waals surface area contributed by atoms with Gasteiger partial charge < -0.3 is 0 Å². The first-order valence-corrected chi connectivity index (χ1v) is 5.33. The number of aromatic nitrogens is 2. The number of benzene rings is 1. The molecule has 0 unspecified atom stereocenters. The number of hydrogen-bond acceptors (Lipinski definition) is 3. The van der Waals surface area contributed by atoms with Crippen LogP contribution < -0.4 is 9.86 Å². The van der Waals surface area contributed by atoms with E-state index in [2.05, 4.69) is 14.9 Å². The van der Waals surface area contributed by atoms with Gasteiger partial charge in [0.25, 0.3) is 10.2 Å². The molecule has 74 valence electrons. The molecular weight excluding hydrogens is 204 g/mol. The number of hydrogen-bond donors (Lipinski definition) is 3. The maximum absolute atomic E-state index is 10.8. The van der Waals surface area contributed by atoms with E-state index < -0.39 is 10.2 Å². The van der Waals surface area contributed by atoms with Gasteiger partial charge in [0.1, 0.15) is 0 Å². The third-order valence-electron chi connectivity index (χ3n) is 1.73. The Kier molecular flexibility index (Phi) is 1.90. The summed E-state index contributed by atoms with van der Waals surface area (Å²) in [7, 11) is -3.74. The molecule has 0 fully saturated rings. The molecule has 0 bridgehead atoms. The van der Waals surface area contributed by atoms with Crippen molar-refractivity contribution in [1.29, 1.82) is 0 Å². The SMILES string of the molecule is NS(=O)(=O)Nc1cccc2cn[nH]c12. The Morgan fingerprint density at radius 2 is 2.21 bits per heavy atom. The number of fused-ring (bicyclic) bond motifs is 1. The van der Waals surface area contributed by atoms with Crippen LogP contribution in [0.3, 0.4) is 0 Å². The molecule has 0 saturated heterocycles. The van der Waals surface area contributed by atoms with Crippen LogP contribution in [0.1, 0.15) is 0 Å². The van der Waals surface area contributed by atoms with Crippen molar-refractivity contribution in [2.24, 2.45) is 5.14 Å². The molecule has 0 radical (unpaired) electrons. The van der Waals surface area contributed by atoms with Crippen LogP contribution in [0.2, 0.25) is 0 Å². The normalized spacial score (nSPS) is 11.8. The highest BCUT2D eigenvalue weighted by Gasteiger charge is 2.06. The van der Waals surface area contributed by atoms with E-state index in [4.69, 9.17) is 5.14 Å². The molecule has 0 spiro atoms. The second-order valence-corrected chi connectivity index (χ2v) is 4.08. The molecule has 2 aromatic rings. The molecule has 6 nitrogen and oxygen atoms in total. The van der Waals surface area contributed by atoms with Gasteiger partial charge in [-0.2, -0.15) is 13.5 Å². The van der Waals surface area contributed by atoms with E-state index in [1.54, 1.807) is 18.3 Å². The Hall–Kier alpha value is -1.60. The quantitative estimate of drug-likeness (QED) is 0.661. The van der Waals surface area contributed by atoms with E-state index in [1.165, 1.54) is 0 Å². The van der Waals surface area contributed by atoms with Crippen LogP contribution in [-0.4, -0.2) is 18.6 Å². The van der Waals surface area contributed by atoms with Gasteiger partial charge in [-0.25, -0.2) is 5.14 Å². The first kappa shape index (κ1) is 8.97. The fraction of sp³-hybridized carbons (Fsp3) is 0. The van der Waals surface area contributed by atoms with Crippen molar-refractivity contribution in [3.63, 3.8) is 0 Å². The summed E-state index contributed by atoms with van der Waals surface area (Å²) in [5.41, 5.74) is 1.00. The van der Waals surface area contributed by atoms with Gasteiger partial charge in [-0.15, -0.1) is 0 Å². The highest BCUT2D eigenvalue weighted by molar-refractivity contribution is 7.90. The number of nitrogens with one attached hydrogen (secondary N) is 2. The Bertz CT molecular complexity index is 560. The Morgan fingerprint density at radius 3 is 2.93 bits per heavy atom. The number of rotatable bonds is 2. The van der Waals surface area contributed by atoms with Crippen molar-refractivity contribution in [3.8, 4) is 0 Å². The predicted molar refractivity (Wildman–Crippen MR) is 52.8 cm³/mol. The molecule has 0 saturated carbocycles. The number of para-hydroxylation sites is 1. The van der Waals surface area contributed by atoms with Gasteiger partial charge in [0.05, 0.1) is 17.4 Å². The Balaban J connectivity index is 2.57. The van der Waals surface area contributed by atoms with Crippen molar-refractivity contribution in [2.45, 2.75) is 0 Å². The molecule has 0 aliphatic carbocycles. The maximum Gasteiger partial charge on any atom is 0.296 e. The minimum absolute atomic E-state index is 0.391. The second-order valence-electron chi connectivity index (χ2n) is 2.79. The lowest BCUT2D eigenvalue weighted by Crippen LogP contribution is -2.21. The van der Waals surface area contributed by atoms with Crippen molar-refractivity contribution in [3.05, 3.63) is 24.4 Å². The van der Waals surface area contributed by atoms with Gasteiger partial charge >= 0.3 is 0 Å². The van der Waals surface area contributed by atoms with E-state index in [-0.39, 0.29) is 0 Å². The number of anilines is 1. The summed E-state index contributed by atoms with van der Waals surface area (Å²) < 4.78 is 23.8. The van der Waals surface area contributed by atoms with E-state index in [0.29, 0.717) is 11.2 Å². The molecule has 1 aromatic carbocycles. The standard InChI is InChI=1S/C7H8N4O2S/c8-14(12,13)11-6-3-1-2-5-4-9-10-7(5)6/h1-4,11H,(H,9,10)(H2,8,12,13). The first-order chi connectivity index (χ1) is 6.56. The zero-order chi connectivity index (χ0) is 10.2. The Morgan fingerprint density at radius 1 is 1.43 bits per heavy atom. The smallest absolute Gasteiger partial charge is 0.276 e. The first-order valence-electron chi connectivity index (χ1n) is 3.79. The fourth-order valence-electron chi connectivity index (χ4n) is 1.21. The van der Waals surface area contributed by atoms with Gasteiger partial charge in [0, 0.05) is 5.39 Å². The Labute approximate surface area is 80.3 Å². The molecule has 0 amide bonds. The molecule has 1 aromatic heterocycles. The number of aromatic amines is 1. The molecular formula is C7H8N4O2S. The largest absolute Gasteiger partial charge is 0.296 e. The van der Waals surface area contributed by atoms with Gasteiger partial charge in [0.2, 0.25) is 0 Å². The fourth-order valence-corrected chi connectivity index (χ4v) is 1.68. The highest BCUT2D eigenvalue weighted by Crippen LogP contribution is 2.20. The molecule has 0 aliphatic rings. The van der Waals surface area contributed by atoms with Crippen LogP contribution in [0.25, 0.3) is 10.9 Å². The van der Waals surface area contributed by atoms with E-state index >= 15 is 0 Å². The monoisotopic (exact) mass is 212 g/mol. The van der Waals surface area contributed by atoms with Gasteiger partial charge in [-0.3, -0.25) is 9.82 Å². The molecule has 1 heterocycles. The number of H-pyrrole nitrogens is 1. The second kappa shape index (κ2) is 2.96. The summed E-state index contributed by atoms with van der Waals surface area (Å²) in [5, 5.41) is 12.1. The van der Waals surface area contributed by atoms with Crippen molar-refractivity contribution < 1.29 is 8.42 Å². The topological polar surface area (TPSA) is 101 Å². The number of nitrogens with two attached hydrogens (primary N) is 1. The molecule has 4 N–H and O–H groups in total. The van der Waals surface area contributed by atoms with Crippen LogP contribution in [0, 0.1) is 0 Å². The molecule has 0 atom stereocenters. The summed E-state index contributed by atoms with van der Waals surface area (Å²) >= 11 is 0. The minimum Gasteiger partial charge on any atom is -0.276 e. The van der Waals surface area contributed by atoms with E-state index in [9.17, 15) is 8.42 Å². The van der Waals surface area contributed by atoms with Crippen LogP contribution in [0.4, 0.5) is 5.69 Å². The zero-order valence-corrected chi connectivity index (χ0v) is 7.88. The summed E-state index contributed by atoms with van der Waals surface area (Å²) in [6.45, 7) is 0. The zero-order valence-electron chi connectivity index (χ0n) is 7.06. The van der Waals surface area contributed by atoms with Gasteiger partial charge in [-0.1, -0.05) is 12.1 Å². The molecule has 14 heavy (non-hydrogen) atoms. The van der Waals surface area contributed by atoms with Crippen molar-refractivity contribution in [2.75, 3.05) is 4.72 Å². The lowest BCUT2D eigenvalue weighted by Gasteiger charge is -2.03. The van der Waals surface area contributed by atoms with Gasteiger partial charge in [0.15, 0.2) is 0 Å². The van der Waals surface area contributed by atoms with Crippen molar-refractivity contribution in [1.82, 2.24) is 10.2 Å². The molecule has 2 rings (SSSR count). The molecule has 7 heteroatoms. The average Bonchev–Trinajstić information content (AvgIpc) is 2.49. The summed E-state index contributed by atoms with van der Waals surface area (Å²) in [5.74, 6) is 0. The third kappa shape index (κ3) is 1.68. The molecule has 0 aliphatic heterocycles.